The smallest absolute Gasteiger partial charge is 0.141 e. The van der Waals surface area contributed by atoms with Crippen molar-refractivity contribution in [1.82, 2.24) is 10.2 Å². The van der Waals surface area contributed by atoms with Crippen LogP contribution in [0.25, 0.3) is 22.6 Å². The Morgan fingerprint density at radius 2 is 2.25 bits per heavy atom. The van der Waals surface area contributed by atoms with E-state index in [4.69, 9.17) is 0 Å². The second-order valence-corrected chi connectivity index (χ2v) is 5.54. The van der Waals surface area contributed by atoms with Crippen LogP contribution < -0.4 is 0 Å². The summed E-state index contributed by atoms with van der Waals surface area (Å²) in [7, 11) is 0. The van der Waals surface area contributed by atoms with E-state index in [-0.39, 0.29) is 5.82 Å². The summed E-state index contributed by atoms with van der Waals surface area (Å²) >= 11 is 1.68. The molecule has 0 aliphatic rings. The Hall–Kier alpha value is -1.94. The Balaban J connectivity index is 2.12. The van der Waals surface area contributed by atoms with E-state index < -0.39 is 0 Å². The number of aromatic nitrogens is 2. The lowest BCUT2D eigenvalue weighted by Crippen LogP contribution is -1.87. The molecular weight excluding hydrogens is 271 g/mol. The number of thiophene rings is 1. The number of fused-ring (bicyclic) bond motifs is 1. The van der Waals surface area contributed by atoms with Gasteiger partial charge in [-0.1, -0.05) is 6.92 Å². The van der Waals surface area contributed by atoms with Crippen molar-refractivity contribution < 1.29 is 4.39 Å². The van der Waals surface area contributed by atoms with Crippen molar-refractivity contribution in [3.63, 3.8) is 0 Å². The van der Waals surface area contributed by atoms with Crippen molar-refractivity contribution in [2.45, 2.75) is 20.3 Å². The van der Waals surface area contributed by atoms with Gasteiger partial charge in [-0.3, -0.25) is 5.10 Å². The third kappa shape index (κ3) is 2.16. The van der Waals surface area contributed by atoms with Crippen LogP contribution in [0.3, 0.4) is 0 Å². The van der Waals surface area contributed by atoms with Crippen molar-refractivity contribution in [3.05, 3.63) is 51.6 Å². The lowest BCUT2D eigenvalue weighted by molar-refractivity contribution is 0.637. The first kappa shape index (κ1) is 13.1. The largest absolute Gasteiger partial charge is 0.278 e. The van der Waals surface area contributed by atoms with E-state index in [0.29, 0.717) is 10.9 Å². The lowest BCUT2D eigenvalue weighted by Gasteiger charge is -2.06. The van der Waals surface area contributed by atoms with Gasteiger partial charge in [-0.2, -0.15) is 16.4 Å². The molecule has 0 atom stereocenters. The molecule has 3 aromatic rings. The van der Waals surface area contributed by atoms with Crippen LogP contribution in [0.15, 0.2) is 29.1 Å². The van der Waals surface area contributed by atoms with Gasteiger partial charge in [0, 0.05) is 5.56 Å². The number of halogens is 1. The maximum atomic E-state index is 14.4. The van der Waals surface area contributed by atoms with E-state index in [2.05, 4.69) is 34.8 Å². The fourth-order valence-electron chi connectivity index (χ4n) is 2.36. The first-order chi connectivity index (χ1) is 9.70. The number of hydrogen-bond donors (Lipinski definition) is 1. The minimum atomic E-state index is -0.213. The molecule has 1 aromatic carbocycles. The van der Waals surface area contributed by atoms with Crippen LogP contribution in [-0.2, 0) is 0 Å². The number of nitrogens with zero attached hydrogens (tertiary/aromatic N) is 1. The van der Waals surface area contributed by atoms with E-state index in [0.717, 1.165) is 17.5 Å². The molecule has 0 fully saturated rings. The van der Waals surface area contributed by atoms with Crippen molar-refractivity contribution in [3.8, 4) is 0 Å². The first-order valence-corrected chi connectivity index (χ1v) is 7.50. The van der Waals surface area contributed by atoms with Gasteiger partial charge in [0.1, 0.15) is 5.82 Å². The summed E-state index contributed by atoms with van der Waals surface area (Å²) in [5, 5.41) is 11.4. The van der Waals surface area contributed by atoms with E-state index >= 15 is 0 Å². The zero-order chi connectivity index (χ0) is 14.1. The van der Waals surface area contributed by atoms with E-state index in [9.17, 15) is 4.39 Å². The average Bonchev–Trinajstić information content (AvgIpc) is 3.07. The van der Waals surface area contributed by atoms with Gasteiger partial charge in [-0.15, -0.1) is 0 Å². The molecule has 3 rings (SSSR count). The second-order valence-electron chi connectivity index (χ2n) is 4.79. The number of aryl methyl sites for hydroxylation is 1. The number of allylic oxidation sites excluding steroid dienone is 1. The molecule has 0 aliphatic heterocycles. The summed E-state index contributed by atoms with van der Waals surface area (Å²) in [4.78, 5) is 0. The normalized spacial score (nSPS) is 12.2. The molecule has 0 spiro atoms. The van der Waals surface area contributed by atoms with Gasteiger partial charge < -0.3 is 0 Å². The highest BCUT2D eigenvalue weighted by Crippen LogP contribution is 2.29. The molecule has 0 unspecified atom stereocenters. The van der Waals surface area contributed by atoms with Crippen molar-refractivity contribution >= 4 is 33.9 Å². The van der Waals surface area contributed by atoms with Gasteiger partial charge in [0.2, 0.25) is 0 Å². The van der Waals surface area contributed by atoms with Crippen LogP contribution in [0, 0.1) is 12.7 Å². The van der Waals surface area contributed by atoms with Crippen LogP contribution in [0.1, 0.15) is 30.0 Å². The Morgan fingerprint density at radius 1 is 1.40 bits per heavy atom. The van der Waals surface area contributed by atoms with Crippen LogP contribution in [-0.4, -0.2) is 10.2 Å². The van der Waals surface area contributed by atoms with Gasteiger partial charge in [0.15, 0.2) is 0 Å². The standard InChI is InChI=1S/C16H15FN2S/c1-3-11(14-9-20-8-10(14)2)6-12-4-5-15-13(16(12)17)7-18-19-15/h4-9H,3H2,1-2H3,(H,18,19)/b11-6+. The molecule has 2 heterocycles. The van der Waals surface area contributed by atoms with E-state index in [1.165, 1.54) is 17.3 Å². The molecule has 2 aromatic heterocycles. The molecule has 1 N–H and O–H groups in total. The van der Waals surface area contributed by atoms with Crippen molar-refractivity contribution in [2.75, 3.05) is 0 Å². The highest BCUT2D eigenvalue weighted by Gasteiger charge is 2.10. The highest BCUT2D eigenvalue weighted by atomic mass is 32.1. The number of hydrogen-bond acceptors (Lipinski definition) is 2. The van der Waals surface area contributed by atoms with Crippen LogP contribution >= 0.6 is 11.3 Å². The minimum absolute atomic E-state index is 0.213. The maximum absolute atomic E-state index is 14.4. The van der Waals surface area contributed by atoms with Crippen LogP contribution in [0.2, 0.25) is 0 Å². The Labute approximate surface area is 121 Å². The Kier molecular flexibility index (Phi) is 3.40. The molecule has 0 bridgehead atoms. The summed E-state index contributed by atoms with van der Waals surface area (Å²) in [6, 6.07) is 3.66. The SMILES string of the molecule is CC/C(=C\c1ccc2[nH]ncc2c1F)c1cscc1C. The summed E-state index contributed by atoms with van der Waals surface area (Å²) in [6.45, 7) is 4.18. The molecule has 0 amide bonds. The minimum Gasteiger partial charge on any atom is -0.278 e. The summed E-state index contributed by atoms with van der Waals surface area (Å²) < 4.78 is 14.4. The summed E-state index contributed by atoms with van der Waals surface area (Å²) in [5.74, 6) is -0.213. The molecule has 102 valence electrons. The second kappa shape index (κ2) is 5.21. The highest BCUT2D eigenvalue weighted by molar-refractivity contribution is 7.08. The molecule has 0 saturated heterocycles. The molecule has 4 heteroatoms. The van der Waals surface area contributed by atoms with Gasteiger partial charge in [-0.25, -0.2) is 4.39 Å². The molecule has 0 radical (unpaired) electrons. The zero-order valence-electron chi connectivity index (χ0n) is 11.4. The predicted octanol–water partition coefficient (Wildman–Crippen LogP) is 5.02. The average molecular weight is 286 g/mol. The van der Waals surface area contributed by atoms with E-state index in [1.54, 1.807) is 17.4 Å². The first-order valence-electron chi connectivity index (χ1n) is 6.56. The Bertz CT molecular complexity index is 783. The molecule has 20 heavy (non-hydrogen) atoms. The molecule has 2 nitrogen and oxygen atoms in total. The van der Waals surface area contributed by atoms with Crippen LogP contribution in [0.4, 0.5) is 4.39 Å². The summed E-state index contributed by atoms with van der Waals surface area (Å²) in [5.41, 5.74) is 4.95. The van der Waals surface area contributed by atoms with Gasteiger partial charge in [0.05, 0.1) is 17.1 Å². The molecule has 0 saturated carbocycles. The fourth-order valence-corrected chi connectivity index (χ4v) is 3.23. The monoisotopic (exact) mass is 286 g/mol. The van der Waals surface area contributed by atoms with Gasteiger partial charge in [0.25, 0.3) is 0 Å². The number of rotatable bonds is 3. The topological polar surface area (TPSA) is 28.7 Å². The number of H-pyrrole nitrogens is 1. The van der Waals surface area contributed by atoms with Gasteiger partial charge >= 0.3 is 0 Å². The number of benzene rings is 1. The number of nitrogens with one attached hydrogen (secondary N) is 1. The predicted molar refractivity (Wildman–Crippen MR) is 83.3 cm³/mol. The third-order valence-electron chi connectivity index (χ3n) is 3.50. The van der Waals surface area contributed by atoms with Gasteiger partial charge in [-0.05, 0) is 59.0 Å². The molecule has 0 aliphatic carbocycles. The molecular formula is C16H15FN2S. The zero-order valence-corrected chi connectivity index (χ0v) is 12.2. The van der Waals surface area contributed by atoms with E-state index in [1.807, 2.05) is 12.1 Å². The Morgan fingerprint density at radius 3 is 2.95 bits per heavy atom. The quantitative estimate of drug-likeness (QED) is 0.719. The fraction of sp³-hybridized carbons (Fsp3) is 0.188. The maximum Gasteiger partial charge on any atom is 0.141 e. The van der Waals surface area contributed by atoms with Crippen molar-refractivity contribution in [2.24, 2.45) is 0 Å². The summed E-state index contributed by atoms with van der Waals surface area (Å²) in [6.07, 6.45) is 4.35. The third-order valence-corrected chi connectivity index (χ3v) is 4.36. The lowest BCUT2D eigenvalue weighted by atomic mass is 9.99. The van der Waals surface area contributed by atoms with Crippen LogP contribution in [0.5, 0.6) is 0 Å². The number of aromatic amines is 1. The van der Waals surface area contributed by atoms with Crippen molar-refractivity contribution in [1.29, 1.82) is 0 Å².